The van der Waals surface area contributed by atoms with Crippen LogP contribution in [-0.4, -0.2) is 24.5 Å². The van der Waals surface area contributed by atoms with Crippen LogP contribution in [-0.2, 0) is 6.42 Å². The number of nitrogen functional groups attached to an aromatic ring is 1. The van der Waals surface area contributed by atoms with Gasteiger partial charge < -0.3 is 10.6 Å². The molecule has 1 aliphatic heterocycles. The number of para-hydroxylation sites is 1. The summed E-state index contributed by atoms with van der Waals surface area (Å²) in [5, 5.41) is 0. The van der Waals surface area contributed by atoms with Gasteiger partial charge in [-0.05, 0) is 50.3 Å². The van der Waals surface area contributed by atoms with Gasteiger partial charge in [0.25, 0.3) is 0 Å². The molecule has 1 aromatic rings. The minimum atomic E-state index is 0.743. The Hall–Kier alpha value is -1.02. The van der Waals surface area contributed by atoms with Crippen molar-refractivity contribution in [1.29, 1.82) is 0 Å². The lowest BCUT2D eigenvalue weighted by atomic mass is 9.88. The molecule has 1 saturated heterocycles. The highest BCUT2D eigenvalue weighted by atomic mass is 15.1. The Kier molecular flexibility index (Phi) is 4.65. The van der Waals surface area contributed by atoms with E-state index in [1.165, 1.54) is 37.8 Å². The molecule has 2 rings (SSSR count). The summed E-state index contributed by atoms with van der Waals surface area (Å²) in [6.45, 7) is 3.58. The van der Waals surface area contributed by atoms with Gasteiger partial charge in [-0.2, -0.15) is 0 Å². The number of likely N-dealkylation sites (tertiary alicyclic amines) is 1. The number of aryl methyl sites for hydroxylation is 1. The van der Waals surface area contributed by atoms with Crippen molar-refractivity contribution in [3.63, 3.8) is 0 Å². The van der Waals surface area contributed by atoms with Crippen LogP contribution in [0.5, 0.6) is 0 Å². The average molecular weight is 246 g/mol. The summed E-state index contributed by atoms with van der Waals surface area (Å²) < 4.78 is 0. The fraction of sp³-hybridized carbons (Fsp3) is 0.625. The van der Waals surface area contributed by atoms with Crippen LogP contribution in [0.2, 0.25) is 0 Å². The number of nitrogens with zero attached hydrogens (tertiary/aromatic N) is 1. The van der Waals surface area contributed by atoms with E-state index in [0.29, 0.717) is 0 Å². The highest BCUT2D eigenvalue weighted by Gasteiger charge is 2.24. The van der Waals surface area contributed by atoms with Gasteiger partial charge in [0.1, 0.15) is 0 Å². The second kappa shape index (κ2) is 6.24. The Labute approximate surface area is 111 Å². The number of piperidine rings is 1. The third kappa shape index (κ3) is 3.26. The summed E-state index contributed by atoms with van der Waals surface area (Å²) in [5.41, 5.74) is 8.26. The van der Waals surface area contributed by atoms with Gasteiger partial charge in [-0.15, -0.1) is 0 Å². The van der Waals surface area contributed by atoms with Crippen molar-refractivity contribution in [2.24, 2.45) is 5.92 Å². The monoisotopic (exact) mass is 246 g/mol. The Bertz CT molecular complexity index is 375. The van der Waals surface area contributed by atoms with E-state index < -0.39 is 0 Å². The number of nitrogens with two attached hydrogens (primary N) is 1. The highest BCUT2D eigenvalue weighted by Crippen LogP contribution is 2.26. The Morgan fingerprint density at radius 1 is 1.28 bits per heavy atom. The zero-order valence-electron chi connectivity index (χ0n) is 11.7. The molecular formula is C16H26N2. The van der Waals surface area contributed by atoms with Gasteiger partial charge in [0, 0.05) is 18.3 Å². The zero-order valence-corrected chi connectivity index (χ0v) is 11.7. The van der Waals surface area contributed by atoms with E-state index in [0.717, 1.165) is 24.1 Å². The van der Waals surface area contributed by atoms with Crippen molar-refractivity contribution in [2.45, 2.75) is 45.1 Å². The second-order valence-electron chi connectivity index (χ2n) is 5.68. The molecule has 1 fully saturated rings. The van der Waals surface area contributed by atoms with E-state index in [-0.39, 0.29) is 0 Å². The predicted molar refractivity (Wildman–Crippen MR) is 78.6 cm³/mol. The van der Waals surface area contributed by atoms with Crippen LogP contribution in [0.3, 0.4) is 0 Å². The normalized spacial score (nSPS) is 25.2. The molecule has 0 radical (unpaired) electrons. The Morgan fingerprint density at radius 3 is 2.72 bits per heavy atom. The van der Waals surface area contributed by atoms with Crippen LogP contribution in [0.1, 0.15) is 38.2 Å². The van der Waals surface area contributed by atoms with Crippen molar-refractivity contribution < 1.29 is 0 Å². The number of hydrogen-bond donors (Lipinski definition) is 1. The number of benzene rings is 1. The number of hydrogen-bond acceptors (Lipinski definition) is 2. The van der Waals surface area contributed by atoms with Gasteiger partial charge in [0.05, 0.1) is 0 Å². The van der Waals surface area contributed by atoms with E-state index in [1.54, 1.807) is 0 Å². The molecule has 1 aliphatic rings. The smallest absolute Gasteiger partial charge is 0.0346 e. The van der Waals surface area contributed by atoms with Gasteiger partial charge in [-0.1, -0.05) is 31.5 Å². The van der Waals surface area contributed by atoms with E-state index >= 15 is 0 Å². The third-order valence-electron chi connectivity index (χ3n) is 4.46. The maximum Gasteiger partial charge on any atom is 0.0346 e. The van der Waals surface area contributed by atoms with E-state index in [2.05, 4.69) is 31.0 Å². The summed E-state index contributed by atoms with van der Waals surface area (Å²) in [6.07, 6.45) is 6.42. The Balaban J connectivity index is 1.86. The lowest BCUT2D eigenvalue weighted by Crippen LogP contribution is -2.40. The molecule has 0 bridgehead atoms. The molecule has 100 valence electrons. The summed E-state index contributed by atoms with van der Waals surface area (Å²) in [7, 11) is 2.28. The molecule has 0 spiro atoms. The maximum absolute atomic E-state index is 6.00. The van der Waals surface area contributed by atoms with Gasteiger partial charge in [-0.25, -0.2) is 0 Å². The molecule has 18 heavy (non-hydrogen) atoms. The van der Waals surface area contributed by atoms with E-state index in [1.807, 2.05) is 12.1 Å². The zero-order chi connectivity index (χ0) is 13.0. The highest BCUT2D eigenvalue weighted by molar-refractivity contribution is 5.46. The summed E-state index contributed by atoms with van der Waals surface area (Å²) in [4.78, 5) is 2.55. The number of anilines is 1. The quantitative estimate of drug-likeness (QED) is 0.826. The van der Waals surface area contributed by atoms with Crippen LogP contribution >= 0.6 is 0 Å². The summed E-state index contributed by atoms with van der Waals surface area (Å²) in [6, 6.07) is 9.01. The first-order valence-electron chi connectivity index (χ1n) is 7.24. The summed E-state index contributed by atoms with van der Waals surface area (Å²) in [5.74, 6) is 0.910. The van der Waals surface area contributed by atoms with Crippen molar-refractivity contribution >= 4 is 5.69 Å². The van der Waals surface area contributed by atoms with Crippen molar-refractivity contribution in [3.05, 3.63) is 29.8 Å². The van der Waals surface area contributed by atoms with Crippen LogP contribution < -0.4 is 5.73 Å². The molecule has 2 heteroatoms. The first-order chi connectivity index (χ1) is 8.70. The van der Waals surface area contributed by atoms with Crippen molar-refractivity contribution in [2.75, 3.05) is 19.3 Å². The van der Waals surface area contributed by atoms with Crippen LogP contribution in [0, 0.1) is 5.92 Å². The fourth-order valence-electron chi connectivity index (χ4n) is 3.08. The summed E-state index contributed by atoms with van der Waals surface area (Å²) >= 11 is 0. The SMILES string of the molecule is CC[C@@H]1CC[C@H](CCc2ccccc2N)N(C)C1. The minimum Gasteiger partial charge on any atom is -0.399 e. The molecule has 2 nitrogen and oxygen atoms in total. The fourth-order valence-corrected chi connectivity index (χ4v) is 3.08. The third-order valence-corrected chi connectivity index (χ3v) is 4.46. The molecule has 0 aliphatic carbocycles. The van der Waals surface area contributed by atoms with Gasteiger partial charge in [0.15, 0.2) is 0 Å². The lowest BCUT2D eigenvalue weighted by molar-refractivity contribution is 0.129. The molecule has 0 aromatic heterocycles. The van der Waals surface area contributed by atoms with Crippen LogP contribution in [0.25, 0.3) is 0 Å². The van der Waals surface area contributed by atoms with E-state index in [4.69, 9.17) is 5.73 Å². The molecule has 0 amide bonds. The molecular weight excluding hydrogens is 220 g/mol. The first kappa shape index (κ1) is 13.4. The molecule has 1 aromatic carbocycles. The van der Waals surface area contributed by atoms with Gasteiger partial charge in [0.2, 0.25) is 0 Å². The largest absolute Gasteiger partial charge is 0.399 e. The first-order valence-corrected chi connectivity index (χ1v) is 7.24. The molecule has 0 saturated carbocycles. The molecule has 0 unspecified atom stereocenters. The minimum absolute atomic E-state index is 0.743. The van der Waals surface area contributed by atoms with Gasteiger partial charge in [-0.3, -0.25) is 0 Å². The molecule has 1 heterocycles. The Morgan fingerprint density at radius 2 is 2.06 bits per heavy atom. The lowest BCUT2D eigenvalue weighted by Gasteiger charge is -2.37. The second-order valence-corrected chi connectivity index (χ2v) is 5.68. The van der Waals surface area contributed by atoms with E-state index in [9.17, 15) is 0 Å². The average Bonchev–Trinajstić information content (AvgIpc) is 2.39. The van der Waals surface area contributed by atoms with Crippen LogP contribution in [0.4, 0.5) is 5.69 Å². The molecule has 2 atom stereocenters. The van der Waals surface area contributed by atoms with Crippen molar-refractivity contribution in [1.82, 2.24) is 4.90 Å². The number of rotatable bonds is 4. The molecule has 2 N–H and O–H groups in total. The topological polar surface area (TPSA) is 29.3 Å². The predicted octanol–water partition coefficient (Wildman–Crippen LogP) is 3.32. The van der Waals surface area contributed by atoms with Crippen LogP contribution in [0.15, 0.2) is 24.3 Å². The standard InChI is InChI=1S/C16H26N2/c1-3-13-8-10-15(18(2)12-13)11-9-14-6-4-5-7-16(14)17/h4-7,13,15H,3,8-12,17H2,1-2H3/t13-,15-/m1/s1. The maximum atomic E-state index is 6.00. The van der Waals surface area contributed by atoms with Gasteiger partial charge >= 0.3 is 0 Å². The van der Waals surface area contributed by atoms with Crippen molar-refractivity contribution in [3.8, 4) is 0 Å².